The topological polar surface area (TPSA) is 57.2 Å². The quantitative estimate of drug-likeness (QED) is 0.938. The van der Waals surface area contributed by atoms with Crippen LogP contribution in [0.25, 0.3) is 0 Å². The molecule has 0 saturated carbocycles. The molecule has 0 radical (unpaired) electrons. The van der Waals surface area contributed by atoms with E-state index in [1.807, 2.05) is 30.3 Å². The Morgan fingerprint density at radius 1 is 1.00 bits per heavy atom. The number of benzene rings is 2. The maximum absolute atomic E-state index is 11.2. The molecule has 2 aromatic carbocycles. The highest BCUT2D eigenvalue weighted by Gasteiger charge is 2.50. The van der Waals surface area contributed by atoms with Gasteiger partial charge in [0.25, 0.3) is 0 Å². The standard InChI is InChI=1S/C19H20O5/c1-21-12-4-5-13-15(7-12)24-10-19(20)9-11-6-16(22-2)17(23-3)8-14(11)18(13)19/h4-8,18,20H,9-10H2,1-3H3. The van der Waals surface area contributed by atoms with Gasteiger partial charge < -0.3 is 24.1 Å². The third-order valence-electron chi connectivity index (χ3n) is 5.00. The minimum absolute atomic E-state index is 0.151. The lowest BCUT2D eigenvalue weighted by atomic mass is 9.80. The van der Waals surface area contributed by atoms with Crippen molar-refractivity contribution >= 4 is 0 Å². The van der Waals surface area contributed by atoms with Crippen LogP contribution >= 0.6 is 0 Å². The van der Waals surface area contributed by atoms with Gasteiger partial charge in [-0.15, -0.1) is 0 Å². The van der Waals surface area contributed by atoms with Crippen LogP contribution in [-0.4, -0.2) is 38.6 Å². The zero-order chi connectivity index (χ0) is 16.9. The Hall–Kier alpha value is -2.40. The van der Waals surface area contributed by atoms with Crippen molar-refractivity contribution < 1.29 is 24.1 Å². The molecule has 2 atom stereocenters. The third-order valence-corrected chi connectivity index (χ3v) is 5.00. The molecule has 2 aromatic rings. The summed E-state index contributed by atoms with van der Waals surface area (Å²) in [6, 6.07) is 9.65. The van der Waals surface area contributed by atoms with Gasteiger partial charge in [-0.05, 0) is 29.3 Å². The molecule has 0 spiro atoms. The van der Waals surface area contributed by atoms with E-state index in [2.05, 4.69) is 0 Å². The van der Waals surface area contributed by atoms with E-state index in [-0.39, 0.29) is 12.5 Å². The van der Waals surface area contributed by atoms with E-state index >= 15 is 0 Å². The van der Waals surface area contributed by atoms with Gasteiger partial charge in [-0.3, -0.25) is 0 Å². The predicted molar refractivity (Wildman–Crippen MR) is 88.5 cm³/mol. The van der Waals surface area contributed by atoms with Crippen LogP contribution in [0, 0.1) is 0 Å². The van der Waals surface area contributed by atoms with Crippen molar-refractivity contribution in [2.24, 2.45) is 0 Å². The van der Waals surface area contributed by atoms with Crippen molar-refractivity contribution in [1.29, 1.82) is 0 Å². The summed E-state index contributed by atoms with van der Waals surface area (Å²) in [5.74, 6) is 2.69. The molecule has 1 aliphatic carbocycles. The lowest BCUT2D eigenvalue weighted by molar-refractivity contribution is -0.0218. The van der Waals surface area contributed by atoms with E-state index < -0.39 is 5.60 Å². The van der Waals surface area contributed by atoms with Crippen molar-refractivity contribution in [2.45, 2.75) is 17.9 Å². The number of rotatable bonds is 3. The molecule has 5 nitrogen and oxygen atoms in total. The fourth-order valence-corrected chi connectivity index (χ4v) is 3.88. The van der Waals surface area contributed by atoms with E-state index in [9.17, 15) is 5.11 Å². The van der Waals surface area contributed by atoms with Gasteiger partial charge in [0.15, 0.2) is 11.5 Å². The highest BCUT2D eigenvalue weighted by molar-refractivity contribution is 5.59. The zero-order valence-corrected chi connectivity index (χ0v) is 14.0. The SMILES string of the molecule is COc1ccc2c(c1)OCC1(O)Cc3cc(OC)c(OC)cc3C21. The maximum Gasteiger partial charge on any atom is 0.161 e. The van der Waals surface area contributed by atoms with Gasteiger partial charge in [-0.1, -0.05) is 6.07 Å². The van der Waals surface area contributed by atoms with E-state index in [1.165, 1.54) is 0 Å². The Bertz CT molecular complexity index is 801. The molecular formula is C19H20O5. The van der Waals surface area contributed by atoms with E-state index in [0.717, 1.165) is 28.2 Å². The van der Waals surface area contributed by atoms with Crippen LogP contribution in [0.4, 0.5) is 0 Å². The van der Waals surface area contributed by atoms with E-state index in [1.54, 1.807) is 21.3 Å². The molecule has 0 bridgehead atoms. The number of hydrogen-bond donors (Lipinski definition) is 1. The zero-order valence-electron chi connectivity index (χ0n) is 14.0. The highest BCUT2D eigenvalue weighted by atomic mass is 16.5. The second kappa shape index (κ2) is 5.31. The van der Waals surface area contributed by atoms with Gasteiger partial charge in [0, 0.05) is 24.0 Å². The van der Waals surface area contributed by atoms with Crippen LogP contribution in [0.1, 0.15) is 22.6 Å². The third kappa shape index (κ3) is 2.04. The summed E-state index contributed by atoms with van der Waals surface area (Å²) in [7, 11) is 4.86. The summed E-state index contributed by atoms with van der Waals surface area (Å²) in [5.41, 5.74) is 2.13. The van der Waals surface area contributed by atoms with Crippen molar-refractivity contribution in [1.82, 2.24) is 0 Å². The lowest BCUT2D eigenvalue weighted by Gasteiger charge is -2.36. The Labute approximate surface area is 140 Å². The summed E-state index contributed by atoms with van der Waals surface area (Å²) in [4.78, 5) is 0. The molecule has 24 heavy (non-hydrogen) atoms. The second-order valence-electron chi connectivity index (χ2n) is 6.31. The van der Waals surface area contributed by atoms with Crippen molar-refractivity contribution in [3.63, 3.8) is 0 Å². The molecule has 0 aromatic heterocycles. The monoisotopic (exact) mass is 328 g/mol. The maximum atomic E-state index is 11.2. The minimum atomic E-state index is -0.957. The molecule has 5 heteroatoms. The van der Waals surface area contributed by atoms with Crippen molar-refractivity contribution in [2.75, 3.05) is 27.9 Å². The van der Waals surface area contributed by atoms with Gasteiger partial charge in [0.05, 0.1) is 21.3 Å². The van der Waals surface area contributed by atoms with Gasteiger partial charge in [-0.25, -0.2) is 0 Å². The number of methoxy groups -OCH3 is 3. The molecule has 0 saturated heterocycles. The highest BCUT2D eigenvalue weighted by Crippen LogP contribution is 2.53. The fraction of sp³-hybridized carbons (Fsp3) is 0.368. The van der Waals surface area contributed by atoms with Gasteiger partial charge in [0.2, 0.25) is 0 Å². The molecule has 126 valence electrons. The first-order valence-corrected chi connectivity index (χ1v) is 7.87. The molecule has 0 amide bonds. The lowest BCUT2D eigenvalue weighted by Crippen LogP contribution is -2.43. The second-order valence-corrected chi connectivity index (χ2v) is 6.31. The first kappa shape index (κ1) is 15.1. The predicted octanol–water partition coefficient (Wildman–Crippen LogP) is 2.52. The fourth-order valence-electron chi connectivity index (χ4n) is 3.88. The molecule has 1 heterocycles. The average Bonchev–Trinajstić information content (AvgIpc) is 2.91. The van der Waals surface area contributed by atoms with E-state index in [0.29, 0.717) is 17.9 Å². The largest absolute Gasteiger partial charge is 0.497 e. The molecule has 1 N–H and O–H groups in total. The van der Waals surface area contributed by atoms with Crippen LogP contribution in [-0.2, 0) is 6.42 Å². The Morgan fingerprint density at radius 3 is 2.46 bits per heavy atom. The molecule has 4 rings (SSSR count). The van der Waals surface area contributed by atoms with Crippen LogP contribution in [0.2, 0.25) is 0 Å². The summed E-state index contributed by atoms with van der Waals surface area (Å²) in [5, 5.41) is 11.2. The Balaban J connectivity index is 1.88. The van der Waals surface area contributed by atoms with Crippen molar-refractivity contribution in [3.05, 3.63) is 47.0 Å². The molecule has 0 fully saturated rings. The van der Waals surface area contributed by atoms with Gasteiger partial charge >= 0.3 is 0 Å². The molecular weight excluding hydrogens is 308 g/mol. The first-order chi connectivity index (χ1) is 11.6. The normalized spacial score (nSPS) is 23.6. The molecule has 2 unspecified atom stereocenters. The van der Waals surface area contributed by atoms with Crippen LogP contribution < -0.4 is 18.9 Å². The van der Waals surface area contributed by atoms with Gasteiger partial charge in [0.1, 0.15) is 23.7 Å². The smallest absolute Gasteiger partial charge is 0.161 e. The Kier molecular flexibility index (Phi) is 3.35. The number of hydrogen-bond acceptors (Lipinski definition) is 5. The van der Waals surface area contributed by atoms with Crippen LogP contribution in [0.5, 0.6) is 23.0 Å². The number of fused-ring (bicyclic) bond motifs is 5. The first-order valence-electron chi connectivity index (χ1n) is 7.87. The van der Waals surface area contributed by atoms with Crippen LogP contribution in [0.15, 0.2) is 30.3 Å². The molecule has 1 aliphatic heterocycles. The van der Waals surface area contributed by atoms with Gasteiger partial charge in [-0.2, -0.15) is 0 Å². The van der Waals surface area contributed by atoms with Crippen LogP contribution in [0.3, 0.4) is 0 Å². The van der Waals surface area contributed by atoms with Crippen molar-refractivity contribution in [3.8, 4) is 23.0 Å². The summed E-state index contributed by atoms with van der Waals surface area (Å²) in [6.07, 6.45) is 0.527. The number of ether oxygens (including phenoxy) is 4. The van der Waals surface area contributed by atoms with E-state index in [4.69, 9.17) is 18.9 Å². The summed E-state index contributed by atoms with van der Waals surface area (Å²) < 4.78 is 21.9. The average molecular weight is 328 g/mol. The molecule has 2 aliphatic rings. The minimum Gasteiger partial charge on any atom is -0.497 e. The number of aliphatic hydroxyl groups is 1. The summed E-state index contributed by atoms with van der Waals surface area (Å²) >= 11 is 0. The Morgan fingerprint density at radius 2 is 1.75 bits per heavy atom. The summed E-state index contributed by atoms with van der Waals surface area (Å²) in [6.45, 7) is 0.247.